The number of amides is 1. The zero-order valence-electron chi connectivity index (χ0n) is 12.2. The van der Waals surface area contributed by atoms with Gasteiger partial charge in [-0.3, -0.25) is 4.79 Å². The Morgan fingerprint density at radius 2 is 2.00 bits per heavy atom. The molecule has 0 bridgehead atoms. The van der Waals surface area contributed by atoms with Crippen LogP contribution in [0, 0.1) is 6.92 Å². The summed E-state index contributed by atoms with van der Waals surface area (Å²) in [5, 5.41) is 4.19. The van der Waals surface area contributed by atoms with Crippen LogP contribution in [0.15, 0.2) is 42.5 Å². The van der Waals surface area contributed by atoms with Gasteiger partial charge in [0, 0.05) is 16.3 Å². The van der Waals surface area contributed by atoms with E-state index < -0.39 is 5.91 Å². The molecule has 0 aliphatic rings. The maximum Gasteiger partial charge on any atom is 0.249 e. The maximum absolute atomic E-state index is 11.4. The van der Waals surface area contributed by atoms with Crippen molar-refractivity contribution in [2.24, 2.45) is 5.73 Å². The zero-order chi connectivity index (χ0) is 15.4. The van der Waals surface area contributed by atoms with Crippen LogP contribution in [0.25, 0.3) is 0 Å². The van der Waals surface area contributed by atoms with Crippen molar-refractivity contribution < 1.29 is 4.79 Å². The van der Waals surface area contributed by atoms with Crippen LogP contribution in [0.5, 0.6) is 0 Å². The molecule has 1 amide bonds. The van der Waals surface area contributed by atoms with Crippen molar-refractivity contribution in [3.05, 3.63) is 64.2 Å². The Hall–Kier alpha value is -2.00. The van der Waals surface area contributed by atoms with E-state index in [9.17, 15) is 4.79 Å². The Morgan fingerprint density at radius 1 is 1.29 bits per heavy atom. The number of primary amides is 1. The van der Waals surface area contributed by atoms with Crippen molar-refractivity contribution in [2.75, 3.05) is 5.32 Å². The highest BCUT2D eigenvalue weighted by Crippen LogP contribution is 2.27. The zero-order valence-corrected chi connectivity index (χ0v) is 12.9. The minimum absolute atomic E-state index is 0.130. The van der Waals surface area contributed by atoms with E-state index in [2.05, 4.69) is 12.2 Å². The summed E-state index contributed by atoms with van der Waals surface area (Å²) >= 11 is 6.06. The number of rotatable bonds is 5. The maximum atomic E-state index is 11.4. The standard InChI is InChI=1S/C17H19ClN2O/c1-3-15(12-6-4-7-13(18)10-12)20-16-9-5-8-14(11(16)2)17(19)21/h4-10,15,20H,3H2,1-2H3,(H2,19,21). The van der Waals surface area contributed by atoms with Gasteiger partial charge in [0.2, 0.25) is 5.91 Å². The number of nitrogens with one attached hydrogen (secondary N) is 1. The largest absolute Gasteiger partial charge is 0.378 e. The lowest BCUT2D eigenvalue weighted by atomic mass is 10.0. The summed E-state index contributed by atoms with van der Waals surface area (Å²) in [5.41, 5.74) is 8.84. The fourth-order valence-electron chi connectivity index (χ4n) is 2.39. The molecule has 110 valence electrons. The average Bonchev–Trinajstić information content (AvgIpc) is 2.46. The molecule has 2 aromatic rings. The molecular formula is C17H19ClN2O. The molecule has 1 atom stereocenters. The third kappa shape index (κ3) is 3.56. The number of benzene rings is 2. The molecule has 0 fully saturated rings. The first-order chi connectivity index (χ1) is 10.0. The second kappa shape index (κ2) is 6.64. The number of hydrogen-bond acceptors (Lipinski definition) is 2. The molecule has 2 rings (SSSR count). The molecule has 0 aliphatic heterocycles. The Morgan fingerprint density at radius 3 is 2.62 bits per heavy atom. The molecule has 0 spiro atoms. The molecule has 2 aromatic carbocycles. The SMILES string of the molecule is CCC(Nc1cccc(C(N)=O)c1C)c1cccc(Cl)c1. The first-order valence-electron chi connectivity index (χ1n) is 6.94. The van der Waals surface area contributed by atoms with Gasteiger partial charge in [0.1, 0.15) is 0 Å². The van der Waals surface area contributed by atoms with Crippen molar-refractivity contribution in [3.8, 4) is 0 Å². The van der Waals surface area contributed by atoms with E-state index in [-0.39, 0.29) is 6.04 Å². The van der Waals surface area contributed by atoms with Crippen LogP contribution < -0.4 is 11.1 Å². The Kier molecular flexibility index (Phi) is 4.86. The minimum atomic E-state index is -0.410. The van der Waals surface area contributed by atoms with Gasteiger partial charge in [-0.25, -0.2) is 0 Å². The predicted octanol–water partition coefficient (Wildman–Crippen LogP) is 4.31. The summed E-state index contributed by atoms with van der Waals surface area (Å²) in [6.45, 7) is 4.00. The number of anilines is 1. The van der Waals surface area contributed by atoms with E-state index in [4.69, 9.17) is 17.3 Å². The lowest BCUT2D eigenvalue weighted by molar-refractivity contribution is 0.1000. The van der Waals surface area contributed by atoms with Crippen molar-refractivity contribution >= 4 is 23.2 Å². The van der Waals surface area contributed by atoms with Crippen LogP contribution >= 0.6 is 11.6 Å². The van der Waals surface area contributed by atoms with E-state index in [0.717, 1.165) is 28.3 Å². The summed E-state index contributed by atoms with van der Waals surface area (Å²) in [4.78, 5) is 11.4. The molecule has 21 heavy (non-hydrogen) atoms. The molecule has 0 aliphatic carbocycles. The lowest BCUT2D eigenvalue weighted by Gasteiger charge is -2.21. The molecule has 0 saturated heterocycles. The second-order valence-electron chi connectivity index (χ2n) is 5.00. The van der Waals surface area contributed by atoms with Gasteiger partial charge < -0.3 is 11.1 Å². The van der Waals surface area contributed by atoms with Crippen LogP contribution in [-0.4, -0.2) is 5.91 Å². The molecule has 3 nitrogen and oxygen atoms in total. The summed E-state index contributed by atoms with van der Waals surface area (Å²) in [7, 11) is 0. The van der Waals surface area contributed by atoms with Crippen LogP contribution in [-0.2, 0) is 0 Å². The van der Waals surface area contributed by atoms with Crippen molar-refractivity contribution in [1.82, 2.24) is 0 Å². The van der Waals surface area contributed by atoms with Crippen LogP contribution in [0.4, 0.5) is 5.69 Å². The highest BCUT2D eigenvalue weighted by Gasteiger charge is 2.13. The number of carbonyl (C=O) groups is 1. The van der Waals surface area contributed by atoms with E-state index in [1.54, 1.807) is 6.07 Å². The lowest BCUT2D eigenvalue weighted by Crippen LogP contribution is -2.15. The van der Waals surface area contributed by atoms with Gasteiger partial charge in [0.05, 0.1) is 6.04 Å². The number of carbonyl (C=O) groups excluding carboxylic acids is 1. The average molecular weight is 303 g/mol. The van der Waals surface area contributed by atoms with Gasteiger partial charge in [-0.15, -0.1) is 0 Å². The molecule has 0 heterocycles. The quantitative estimate of drug-likeness (QED) is 0.864. The van der Waals surface area contributed by atoms with Crippen molar-refractivity contribution in [3.63, 3.8) is 0 Å². The third-order valence-corrected chi connectivity index (χ3v) is 3.82. The predicted molar refractivity (Wildman–Crippen MR) is 87.8 cm³/mol. The molecule has 0 saturated carbocycles. The van der Waals surface area contributed by atoms with E-state index in [0.29, 0.717) is 5.56 Å². The summed E-state index contributed by atoms with van der Waals surface area (Å²) < 4.78 is 0. The van der Waals surface area contributed by atoms with E-state index >= 15 is 0 Å². The van der Waals surface area contributed by atoms with Gasteiger partial charge in [-0.1, -0.05) is 36.7 Å². The molecule has 3 N–H and O–H groups in total. The van der Waals surface area contributed by atoms with Crippen LogP contribution in [0.2, 0.25) is 5.02 Å². The van der Waals surface area contributed by atoms with Gasteiger partial charge in [0.15, 0.2) is 0 Å². The number of halogens is 1. The highest BCUT2D eigenvalue weighted by molar-refractivity contribution is 6.30. The Bertz CT molecular complexity index is 655. The van der Waals surface area contributed by atoms with E-state index in [1.807, 2.05) is 43.3 Å². The summed E-state index contributed by atoms with van der Waals surface area (Å²) in [5.74, 6) is -0.410. The highest BCUT2D eigenvalue weighted by atomic mass is 35.5. The monoisotopic (exact) mass is 302 g/mol. The summed E-state index contributed by atoms with van der Waals surface area (Å²) in [6, 6.07) is 13.4. The van der Waals surface area contributed by atoms with Crippen molar-refractivity contribution in [2.45, 2.75) is 26.3 Å². The Labute approximate surface area is 130 Å². The normalized spacial score (nSPS) is 12.0. The van der Waals surface area contributed by atoms with Crippen LogP contribution in [0.1, 0.15) is 40.9 Å². The fraction of sp³-hybridized carbons (Fsp3) is 0.235. The molecule has 0 aromatic heterocycles. The topological polar surface area (TPSA) is 55.1 Å². The van der Waals surface area contributed by atoms with E-state index in [1.165, 1.54) is 0 Å². The Balaban J connectivity index is 2.31. The molecule has 1 unspecified atom stereocenters. The van der Waals surface area contributed by atoms with Gasteiger partial charge in [-0.2, -0.15) is 0 Å². The van der Waals surface area contributed by atoms with Gasteiger partial charge in [-0.05, 0) is 48.7 Å². The van der Waals surface area contributed by atoms with Crippen LogP contribution in [0.3, 0.4) is 0 Å². The first kappa shape index (κ1) is 15.4. The van der Waals surface area contributed by atoms with Crippen molar-refractivity contribution in [1.29, 1.82) is 0 Å². The second-order valence-corrected chi connectivity index (χ2v) is 5.44. The smallest absolute Gasteiger partial charge is 0.249 e. The molecular weight excluding hydrogens is 284 g/mol. The first-order valence-corrected chi connectivity index (χ1v) is 7.32. The van der Waals surface area contributed by atoms with Gasteiger partial charge >= 0.3 is 0 Å². The number of nitrogens with two attached hydrogens (primary N) is 1. The fourth-order valence-corrected chi connectivity index (χ4v) is 2.59. The number of hydrogen-bond donors (Lipinski definition) is 2. The molecule has 4 heteroatoms. The molecule has 0 radical (unpaired) electrons. The summed E-state index contributed by atoms with van der Waals surface area (Å²) in [6.07, 6.45) is 0.903. The minimum Gasteiger partial charge on any atom is -0.378 e. The third-order valence-electron chi connectivity index (χ3n) is 3.59. The van der Waals surface area contributed by atoms with Gasteiger partial charge in [0.25, 0.3) is 0 Å².